The minimum Gasteiger partial charge on any atom is -0.491 e. The molecular weight excluding hydrogens is 448 g/mol. The van der Waals surface area contributed by atoms with Crippen molar-refractivity contribution in [3.05, 3.63) is 47.0 Å². The lowest BCUT2D eigenvalue weighted by Crippen LogP contribution is -2.44. The highest BCUT2D eigenvalue weighted by Gasteiger charge is 2.54. The van der Waals surface area contributed by atoms with Gasteiger partial charge in [0.1, 0.15) is 5.75 Å². The Bertz CT molecular complexity index is 1140. The van der Waals surface area contributed by atoms with Crippen molar-refractivity contribution in [1.29, 1.82) is 0 Å². The molecule has 8 heteroatoms. The fraction of sp³-hybridized carbons (Fsp3) is 0.458. The van der Waals surface area contributed by atoms with E-state index in [-0.39, 0.29) is 10.8 Å². The second-order valence-electron chi connectivity index (χ2n) is 8.75. The Kier molecular flexibility index (Phi) is 6.16. The van der Waals surface area contributed by atoms with Gasteiger partial charge in [0.05, 0.1) is 28.3 Å². The molecule has 0 N–H and O–H groups in total. The van der Waals surface area contributed by atoms with E-state index in [0.717, 1.165) is 35.6 Å². The van der Waals surface area contributed by atoms with Crippen LogP contribution in [0.1, 0.15) is 51.0 Å². The van der Waals surface area contributed by atoms with E-state index < -0.39 is 15.4 Å². The van der Waals surface area contributed by atoms with Crippen molar-refractivity contribution in [3.63, 3.8) is 0 Å². The maximum absolute atomic E-state index is 13.8. The van der Waals surface area contributed by atoms with Crippen molar-refractivity contribution in [1.82, 2.24) is 0 Å². The average molecular weight is 477 g/mol. The van der Waals surface area contributed by atoms with Crippen molar-refractivity contribution in [2.75, 3.05) is 29.9 Å². The van der Waals surface area contributed by atoms with Crippen molar-refractivity contribution in [2.45, 2.75) is 55.8 Å². The molecule has 0 aromatic heterocycles. The molecule has 1 aliphatic heterocycles. The molecular formula is C24H29ClN2O4S. The monoisotopic (exact) mass is 476 g/mol. The van der Waals surface area contributed by atoms with Crippen molar-refractivity contribution >= 4 is 38.9 Å². The number of hydrogen-bond acceptors (Lipinski definition) is 5. The predicted octanol–water partition coefficient (Wildman–Crippen LogP) is 5.13. The summed E-state index contributed by atoms with van der Waals surface area (Å²) in [5.41, 5.74) is 0.975. The molecule has 1 aliphatic carbocycles. The third-order valence-electron chi connectivity index (χ3n) is 6.41. The van der Waals surface area contributed by atoms with Gasteiger partial charge in [0.15, 0.2) is 0 Å². The standard InChI is InChI=1S/C24H29ClN2O4S/c1-4-14-31-22-11-9-18(16-21(22)26(2)3)32(29,30)27-20-10-8-17(25)15-19(20)24(23(27)28)12-6-5-7-13-24/h8-11,15-16H,4-7,12-14H2,1-3H3. The van der Waals surface area contributed by atoms with Gasteiger partial charge < -0.3 is 9.64 Å². The predicted molar refractivity (Wildman–Crippen MR) is 127 cm³/mol. The number of carbonyl (C=O) groups excluding carboxylic acids is 1. The number of fused-ring (bicyclic) bond motifs is 2. The zero-order valence-electron chi connectivity index (χ0n) is 18.7. The van der Waals surface area contributed by atoms with E-state index in [2.05, 4.69) is 0 Å². The van der Waals surface area contributed by atoms with Crippen LogP contribution in [-0.2, 0) is 20.2 Å². The van der Waals surface area contributed by atoms with Crippen LogP contribution in [0, 0.1) is 0 Å². The van der Waals surface area contributed by atoms with E-state index in [4.69, 9.17) is 16.3 Å². The van der Waals surface area contributed by atoms with Gasteiger partial charge in [-0.3, -0.25) is 4.79 Å². The number of halogens is 1. The van der Waals surface area contributed by atoms with Crippen molar-refractivity contribution in [3.8, 4) is 5.75 Å². The number of benzene rings is 2. The SMILES string of the molecule is CCCOc1ccc(S(=O)(=O)N2C(=O)C3(CCCCC3)c3cc(Cl)ccc32)cc1N(C)C. The number of nitrogens with zero attached hydrogens (tertiary/aromatic N) is 2. The Morgan fingerprint density at radius 1 is 1.09 bits per heavy atom. The number of sulfonamides is 1. The summed E-state index contributed by atoms with van der Waals surface area (Å²) in [6.07, 6.45) is 4.94. The molecule has 0 saturated heterocycles. The second kappa shape index (κ2) is 8.60. The molecule has 1 heterocycles. The Morgan fingerprint density at radius 2 is 1.81 bits per heavy atom. The first-order valence-electron chi connectivity index (χ1n) is 11.1. The van der Waals surface area contributed by atoms with Gasteiger partial charge >= 0.3 is 0 Å². The van der Waals surface area contributed by atoms with E-state index in [0.29, 0.717) is 41.6 Å². The molecule has 2 aromatic carbocycles. The fourth-order valence-corrected chi connectivity index (χ4v) is 6.51. The van der Waals surface area contributed by atoms with Crippen LogP contribution in [0.4, 0.5) is 11.4 Å². The van der Waals surface area contributed by atoms with E-state index in [1.165, 1.54) is 6.07 Å². The lowest BCUT2D eigenvalue weighted by Gasteiger charge is -2.32. The van der Waals surface area contributed by atoms with Crippen LogP contribution in [0.15, 0.2) is 41.3 Å². The molecule has 32 heavy (non-hydrogen) atoms. The third-order valence-corrected chi connectivity index (χ3v) is 8.33. The zero-order chi connectivity index (χ0) is 23.1. The van der Waals surface area contributed by atoms with Gasteiger partial charge in [-0.15, -0.1) is 0 Å². The van der Waals surface area contributed by atoms with Crippen LogP contribution in [0.5, 0.6) is 5.75 Å². The summed E-state index contributed by atoms with van der Waals surface area (Å²) in [6.45, 7) is 2.55. The number of ether oxygens (including phenoxy) is 1. The highest BCUT2D eigenvalue weighted by molar-refractivity contribution is 7.93. The molecule has 2 aromatic rings. The van der Waals surface area contributed by atoms with Crippen LogP contribution in [0.25, 0.3) is 0 Å². The van der Waals surface area contributed by atoms with Crippen LogP contribution in [-0.4, -0.2) is 35.0 Å². The first kappa shape index (κ1) is 22.9. The first-order valence-corrected chi connectivity index (χ1v) is 12.9. The normalized spacial score (nSPS) is 17.5. The van der Waals surface area contributed by atoms with Crippen LogP contribution in [0.2, 0.25) is 5.02 Å². The number of anilines is 2. The molecule has 6 nitrogen and oxygen atoms in total. The summed E-state index contributed by atoms with van der Waals surface area (Å²) >= 11 is 6.27. The van der Waals surface area contributed by atoms with Gasteiger partial charge in [0.25, 0.3) is 15.9 Å². The van der Waals surface area contributed by atoms with E-state index in [9.17, 15) is 13.2 Å². The van der Waals surface area contributed by atoms with Gasteiger partial charge in [-0.2, -0.15) is 0 Å². The van der Waals surface area contributed by atoms with Crippen molar-refractivity contribution < 1.29 is 17.9 Å². The second-order valence-corrected chi connectivity index (χ2v) is 11.0. The summed E-state index contributed by atoms with van der Waals surface area (Å²) in [5.74, 6) is 0.242. The number of amides is 1. The maximum atomic E-state index is 13.8. The van der Waals surface area contributed by atoms with Gasteiger partial charge in [0.2, 0.25) is 0 Å². The Balaban J connectivity index is 1.83. The summed E-state index contributed by atoms with van der Waals surface area (Å²) in [6, 6.07) is 9.82. The Labute approximate surface area is 195 Å². The lowest BCUT2D eigenvalue weighted by molar-refractivity contribution is -0.123. The minimum absolute atomic E-state index is 0.0622. The lowest BCUT2D eigenvalue weighted by atomic mass is 9.70. The molecule has 1 amide bonds. The molecule has 1 fully saturated rings. The van der Waals surface area contributed by atoms with Gasteiger partial charge in [-0.05, 0) is 61.2 Å². The molecule has 1 saturated carbocycles. The largest absolute Gasteiger partial charge is 0.491 e. The molecule has 0 bridgehead atoms. The van der Waals surface area contributed by atoms with Crippen LogP contribution < -0.4 is 13.9 Å². The van der Waals surface area contributed by atoms with Gasteiger partial charge in [-0.1, -0.05) is 37.8 Å². The topological polar surface area (TPSA) is 66.9 Å². The van der Waals surface area contributed by atoms with Crippen LogP contribution in [0.3, 0.4) is 0 Å². The fourth-order valence-electron chi connectivity index (χ4n) is 4.81. The summed E-state index contributed by atoms with van der Waals surface area (Å²) in [4.78, 5) is 15.6. The molecule has 0 radical (unpaired) electrons. The van der Waals surface area contributed by atoms with Crippen LogP contribution >= 0.6 is 11.6 Å². The average Bonchev–Trinajstić information content (AvgIpc) is 3.00. The third kappa shape index (κ3) is 3.65. The van der Waals surface area contributed by atoms with E-state index >= 15 is 0 Å². The number of rotatable bonds is 6. The van der Waals surface area contributed by atoms with E-state index in [1.807, 2.05) is 25.9 Å². The maximum Gasteiger partial charge on any atom is 0.271 e. The van der Waals surface area contributed by atoms with E-state index in [1.54, 1.807) is 30.3 Å². The highest BCUT2D eigenvalue weighted by Crippen LogP contribution is 2.52. The molecule has 0 unspecified atom stereocenters. The Morgan fingerprint density at radius 3 is 2.47 bits per heavy atom. The Hall–Kier alpha value is -2.25. The molecule has 1 spiro atoms. The summed E-state index contributed by atoms with van der Waals surface area (Å²) < 4.78 is 34.5. The van der Waals surface area contributed by atoms with Gasteiger partial charge in [-0.25, -0.2) is 12.7 Å². The molecule has 0 atom stereocenters. The summed E-state index contributed by atoms with van der Waals surface area (Å²) in [5, 5.41) is 0.507. The zero-order valence-corrected chi connectivity index (χ0v) is 20.3. The molecule has 172 valence electrons. The van der Waals surface area contributed by atoms with Gasteiger partial charge in [0, 0.05) is 19.1 Å². The molecule has 4 rings (SSSR count). The van der Waals surface area contributed by atoms with Crippen molar-refractivity contribution in [2.24, 2.45) is 0 Å². The number of hydrogen-bond donors (Lipinski definition) is 0. The smallest absolute Gasteiger partial charge is 0.271 e. The summed E-state index contributed by atoms with van der Waals surface area (Å²) in [7, 11) is -0.458. The highest BCUT2D eigenvalue weighted by atomic mass is 35.5. The quantitative estimate of drug-likeness (QED) is 0.578. The molecule has 2 aliphatic rings. The number of carbonyl (C=O) groups is 1. The minimum atomic E-state index is -4.12. The first-order chi connectivity index (χ1) is 15.2.